The predicted octanol–water partition coefficient (Wildman–Crippen LogP) is 4.35. The fourth-order valence-corrected chi connectivity index (χ4v) is 4.99. The zero-order valence-corrected chi connectivity index (χ0v) is 19.9. The summed E-state index contributed by atoms with van der Waals surface area (Å²) in [5.74, 6) is 2.61. The second-order valence-corrected chi connectivity index (χ2v) is 9.18. The molecule has 0 radical (unpaired) electrons. The van der Waals surface area contributed by atoms with Crippen LogP contribution in [-0.4, -0.2) is 56.4 Å². The molecule has 5 rings (SSSR count). The number of anilines is 1. The molecular formula is C27H34N2O5. The minimum Gasteiger partial charge on any atom is -0.494 e. The summed E-state index contributed by atoms with van der Waals surface area (Å²) in [6.45, 7) is 6.91. The number of rotatable bonds is 9. The third-order valence-electron chi connectivity index (χ3n) is 6.76. The Morgan fingerprint density at radius 1 is 1.06 bits per heavy atom. The van der Waals surface area contributed by atoms with Gasteiger partial charge in [-0.1, -0.05) is 13.0 Å². The van der Waals surface area contributed by atoms with Crippen LogP contribution in [0.1, 0.15) is 49.8 Å². The Bertz CT molecular complexity index is 1010. The first kappa shape index (κ1) is 23.0. The molecule has 1 N–H and O–H groups in total. The highest BCUT2D eigenvalue weighted by atomic mass is 16.5. The number of nitrogens with zero attached hydrogens (tertiary/aromatic N) is 1. The molecule has 0 bridgehead atoms. The summed E-state index contributed by atoms with van der Waals surface area (Å²) >= 11 is 0. The lowest BCUT2D eigenvalue weighted by Gasteiger charge is -2.44. The van der Waals surface area contributed by atoms with Crippen LogP contribution in [0.3, 0.4) is 0 Å². The number of amides is 1. The van der Waals surface area contributed by atoms with Crippen molar-refractivity contribution in [1.82, 2.24) is 4.90 Å². The molecule has 3 heterocycles. The van der Waals surface area contributed by atoms with Crippen molar-refractivity contribution in [3.63, 3.8) is 0 Å². The highest BCUT2D eigenvalue weighted by molar-refractivity contribution is 5.94. The number of benzene rings is 2. The average molecular weight is 467 g/mol. The van der Waals surface area contributed by atoms with Gasteiger partial charge in [-0.25, -0.2) is 0 Å². The predicted molar refractivity (Wildman–Crippen MR) is 130 cm³/mol. The molecule has 34 heavy (non-hydrogen) atoms. The van der Waals surface area contributed by atoms with Crippen LogP contribution in [0.5, 0.6) is 17.2 Å². The highest BCUT2D eigenvalue weighted by Crippen LogP contribution is 2.40. The Morgan fingerprint density at radius 3 is 2.68 bits per heavy atom. The molecule has 0 aliphatic carbocycles. The number of fused-ring (bicyclic) bond motifs is 4. The Hall–Kier alpha value is -2.77. The second kappa shape index (κ2) is 10.7. The summed E-state index contributed by atoms with van der Waals surface area (Å²) in [5.41, 5.74) is 3.13. The fourth-order valence-electron chi connectivity index (χ4n) is 4.99. The number of hydrogen-bond donors (Lipinski definition) is 1. The van der Waals surface area contributed by atoms with Gasteiger partial charge in [0.2, 0.25) is 5.91 Å². The van der Waals surface area contributed by atoms with Gasteiger partial charge < -0.3 is 24.3 Å². The first-order chi connectivity index (χ1) is 16.7. The van der Waals surface area contributed by atoms with Gasteiger partial charge in [0.05, 0.1) is 25.9 Å². The van der Waals surface area contributed by atoms with Gasteiger partial charge in [-0.05, 0) is 62.1 Å². The van der Waals surface area contributed by atoms with Crippen LogP contribution < -0.4 is 19.5 Å². The molecule has 3 aliphatic rings. The zero-order chi connectivity index (χ0) is 23.3. The van der Waals surface area contributed by atoms with Crippen molar-refractivity contribution in [2.24, 2.45) is 0 Å². The van der Waals surface area contributed by atoms with Gasteiger partial charge in [-0.3, -0.25) is 9.69 Å². The lowest BCUT2D eigenvalue weighted by atomic mass is 9.96. The van der Waals surface area contributed by atoms with E-state index in [1.54, 1.807) is 0 Å². The van der Waals surface area contributed by atoms with E-state index >= 15 is 0 Å². The van der Waals surface area contributed by atoms with Gasteiger partial charge in [-0.15, -0.1) is 0 Å². The third kappa shape index (κ3) is 5.15. The van der Waals surface area contributed by atoms with Crippen molar-refractivity contribution in [2.45, 2.75) is 51.2 Å². The normalized spacial score (nSPS) is 21.5. The molecule has 0 unspecified atom stereocenters. The van der Waals surface area contributed by atoms with Crippen LogP contribution >= 0.6 is 0 Å². The van der Waals surface area contributed by atoms with Crippen LogP contribution in [0.4, 0.5) is 5.69 Å². The number of aryl methyl sites for hydroxylation is 1. The zero-order valence-electron chi connectivity index (χ0n) is 19.9. The van der Waals surface area contributed by atoms with Gasteiger partial charge >= 0.3 is 0 Å². The van der Waals surface area contributed by atoms with E-state index in [9.17, 15) is 4.79 Å². The molecule has 7 heteroatoms. The number of morpholine rings is 1. The molecule has 2 aromatic carbocycles. The van der Waals surface area contributed by atoms with Crippen molar-refractivity contribution >= 4 is 11.6 Å². The van der Waals surface area contributed by atoms with Crippen LogP contribution in [0.15, 0.2) is 36.4 Å². The Kier molecular flexibility index (Phi) is 7.21. The van der Waals surface area contributed by atoms with E-state index in [-0.39, 0.29) is 18.1 Å². The molecule has 1 fully saturated rings. The van der Waals surface area contributed by atoms with Crippen LogP contribution in [0.25, 0.3) is 0 Å². The number of hydrogen-bond acceptors (Lipinski definition) is 6. The Morgan fingerprint density at radius 2 is 1.85 bits per heavy atom. The quantitative estimate of drug-likeness (QED) is 0.554. The van der Waals surface area contributed by atoms with Gasteiger partial charge in [-0.2, -0.15) is 0 Å². The van der Waals surface area contributed by atoms with Crippen molar-refractivity contribution < 1.29 is 23.7 Å². The van der Waals surface area contributed by atoms with E-state index in [0.717, 1.165) is 73.9 Å². The van der Waals surface area contributed by atoms with E-state index in [4.69, 9.17) is 18.9 Å². The summed E-state index contributed by atoms with van der Waals surface area (Å²) < 4.78 is 24.1. The van der Waals surface area contributed by atoms with Gasteiger partial charge in [0, 0.05) is 30.3 Å². The first-order valence-corrected chi connectivity index (χ1v) is 12.5. The largest absolute Gasteiger partial charge is 0.494 e. The van der Waals surface area contributed by atoms with E-state index in [1.165, 1.54) is 5.56 Å². The number of nitrogens with one attached hydrogen (secondary N) is 1. The summed E-state index contributed by atoms with van der Waals surface area (Å²) in [6.07, 6.45) is 4.29. The van der Waals surface area contributed by atoms with Gasteiger partial charge in [0.15, 0.2) is 0 Å². The fraction of sp³-hybridized carbons (Fsp3) is 0.519. The average Bonchev–Trinajstić information content (AvgIpc) is 2.86. The molecule has 1 saturated heterocycles. The maximum Gasteiger partial charge on any atom is 0.224 e. The Balaban J connectivity index is 1.09. The number of carbonyl (C=O) groups excluding carboxylic acids is 1. The van der Waals surface area contributed by atoms with E-state index in [2.05, 4.69) is 23.2 Å². The van der Waals surface area contributed by atoms with Gasteiger partial charge in [0.1, 0.15) is 30.0 Å². The van der Waals surface area contributed by atoms with Crippen molar-refractivity contribution in [3.8, 4) is 17.2 Å². The summed E-state index contributed by atoms with van der Waals surface area (Å²) in [7, 11) is 0. The standard InChI is InChI=1S/C27H34N2O5/c1-2-11-29-12-15-33-27-22-16-20(8-9-25(22)34-18-24(27)29)31-13-3-4-14-32-21-7-5-19-6-10-26(30)28-23(19)17-21/h5,7-9,16-17,24,27H,2-4,6,10-15,18H2,1H3,(H,28,30)/t24-,27-/m1/s1. The molecule has 2 aromatic rings. The monoisotopic (exact) mass is 466 g/mol. The van der Waals surface area contributed by atoms with E-state index < -0.39 is 0 Å². The summed E-state index contributed by atoms with van der Waals surface area (Å²) in [4.78, 5) is 14.1. The summed E-state index contributed by atoms with van der Waals surface area (Å²) in [6, 6.07) is 12.3. The lowest BCUT2D eigenvalue weighted by Crippen LogP contribution is -2.52. The Labute approximate surface area is 201 Å². The molecule has 182 valence electrons. The maximum atomic E-state index is 11.6. The van der Waals surface area contributed by atoms with Crippen molar-refractivity contribution in [3.05, 3.63) is 47.5 Å². The molecule has 0 saturated carbocycles. The third-order valence-corrected chi connectivity index (χ3v) is 6.76. The van der Waals surface area contributed by atoms with Gasteiger partial charge in [0.25, 0.3) is 0 Å². The van der Waals surface area contributed by atoms with Crippen LogP contribution in [0.2, 0.25) is 0 Å². The smallest absolute Gasteiger partial charge is 0.224 e. The number of ether oxygens (including phenoxy) is 4. The SMILES string of the molecule is CCCN1CCO[C@@H]2c3cc(OCCCCOc4ccc5c(c4)NC(=O)CC5)ccc3OC[C@H]21. The molecule has 0 spiro atoms. The van der Waals surface area contributed by atoms with Crippen LogP contribution in [-0.2, 0) is 16.0 Å². The van der Waals surface area contributed by atoms with E-state index in [1.807, 2.05) is 30.3 Å². The molecule has 0 aromatic heterocycles. The summed E-state index contributed by atoms with van der Waals surface area (Å²) in [5, 5.41) is 2.92. The minimum absolute atomic E-state index is 0.0439. The lowest BCUT2D eigenvalue weighted by molar-refractivity contribution is -0.116. The van der Waals surface area contributed by atoms with Crippen LogP contribution in [0, 0.1) is 0 Å². The number of unbranched alkanes of at least 4 members (excludes halogenated alkanes) is 1. The molecule has 3 aliphatic heterocycles. The van der Waals surface area contributed by atoms with Crippen molar-refractivity contribution in [2.75, 3.05) is 44.8 Å². The maximum absolute atomic E-state index is 11.6. The minimum atomic E-state index is 0.0439. The highest BCUT2D eigenvalue weighted by Gasteiger charge is 2.38. The molecule has 7 nitrogen and oxygen atoms in total. The van der Waals surface area contributed by atoms with E-state index in [0.29, 0.717) is 26.2 Å². The topological polar surface area (TPSA) is 69.3 Å². The number of carbonyl (C=O) groups is 1. The second-order valence-electron chi connectivity index (χ2n) is 9.18. The molecular weight excluding hydrogens is 432 g/mol. The molecule has 1 amide bonds. The first-order valence-electron chi connectivity index (χ1n) is 12.5. The van der Waals surface area contributed by atoms with Crippen molar-refractivity contribution in [1.29, 1.82) is 0 Å². The molecule has 2 atom stereocenters.